The van der Waals surface area contributed by atoms with E-state index in [0.29, 0.717) is 0 Å². The van der Waals surface area contributed by atoms with Gasteiger partial charge in [0.2, 0.25) is 0 Å². The maximum atomic E-state index is 6.02. The summed E-state index contributed by atoms with van der Waals surface area (Å²) in [6, 6.07) is 6.27. The summed E-state index contributed by atoms with van der Waals surface area (Å²) in [4.78, 5) is 3.16. The van der Waals surface area contributed by atoms with E-state index >= 15 is 0 Å². The molecule has 1 atom stereocenters. The number of ether oxygens (including phenoxy) is 1. The van der Waals surface area contributed by atoms with Gasteiger partial charge in [0.15, 0.2) is 0 Å². The fourth-order valence-electron chi connectivity index (χ4n) is 2.02. The van der Waals surface area contributed by atoms with Crippen LogP contribution in [0.2, 0.25) is 0 Å². The van der Waals surface area contributed by atoms with E-state index in [1.165, 1.54) is 0 Å². The Balaban J connectivity index is 2.32. The maximum absolute atomic E-state index is 6.02. The van der Waals surface area contributed by atoms with Crippen molar-refractivity contribution in [1.82, 2.24) is 4.98 Å². The zero-order valence-corrected chi connectivity index (χ0v) is 7.79. The summed E-state index contributed by atoms with van der Waals surface area (Å²) >= 11 is 0. The van der Waals surface area contributed by atoms with Crippen molar-refractivity contribution in [2.45, 2.75) is 12.5 Å². The summed E-state index contributed by atoms with van der Waals surface area (Å²) in [5.74, 6) is 0.961. The van der Waals surface area contributed by atoms with Crippen LogP contribution < -0.4 is 10.5 Å². The third-order valence-electron chi connectivity index (χ3n) is 2.79. The third kappa shape index (κ3) is 0.960. The molecule has 0 fully saturated rings. The van der Waals surface area contributed by atoms with E-state index in [4.69, 9.17) is 10.5 Å². The molecular formula is C11H12N2O. The van der Waals surface area contributed by atoms with Gasteiger partial charge in [0, 0.05) is 35.1 Å². The maximum Gasteiger partial charge on any atom is 0.133 e. The minimum atomic E-state index is 0.123. The number of hydrogen-bond donors (Lipinski definition) is 2. The molecule has 0 bridgehead atoms. The minimum Gasteiger partial charge on any atom is -0.492 e. The van der Waals surface area contributed by atoms with Crippen LogP contribution in [0, 0.1) is 0 Å². The predicted octanol–water partition coefficient (Wildman–Crippen LogP) is 1.95. The normalized spacial score (nSPS) is 20.5. The lowest BCUT2D eigenvalue weighted by Gasteiger charge is -2.23. The van der Waals surface area contributed by atoms with Crippen LogP contribution in [0.1, 0.15) is 18.0 Å². The van der Waals surface area contributed by atoms with E-state index in [0.717, 1.165) is 35.2 Å². The van der Waals surface area contributed by atoms with Crippen molar-refractivity contribution in [2.24, 2.45) is 5.73 Å². The van der Waals surface area contributed by atoms with Gasteiger partial charge >= 0.3 is 0 Å². The Labute approximate surface area is 81.9 Å². The summed E-state index contributed by atoms with van der Waals surface area (Å²) in [6.45, 7) is 0.721. The van der Waals surface area contributed by atoms with Crippen LogP contribution in [0.4, 0.5) is 0 Å². The largest absolute Gasteiger partial charge is 0.492 e. The van der Waals surface area contributed by atoms with Crippen LogP contribution in [0.3, 0.4) is 0 Å². The van der Waals surface area contributed by atoms with Crippen molar-refractivity contribution < 1.29 is 4.74 Å². The zero-order valence-electron chi connectivity index (χ0n) is 7.79. The van der Waals surface area contributed by atoms with Gasteiger partial charge in [-0.1, -0.05) is 6.07 Å². The van der Waals surface area contributed by atoms with Crippen LogP contribution in [0.5, 0.6) is 5.75 Å². The van der Waals surface area contributed by atoms with Crippen molar-refractivity contribution in [3.8, 4) is 5.75 Å². The number of fused-ring (bicyclic) bond motifs is 3. The number of benzene rings is 1. The Morgan fingerprint density at radius 1 is 1.36 bits per heavy atom. The van der Waals surface area contributed by atoms with Gasteiger partial charge in [0.25, 0.3) is 0 Å². The summed E-state index contributed by atoms with van der Waals surface area (Å²) in [7, 11) is 0. The molecular weight excluding hydrogens is 176 g/mol. The first-order chi connectivity index (χ1) is 6.86. The molecule has 1 aliphatic heterocycles. The number of rotatable bonds is 0. The molecule has 3 rings (SSSR count). The fraction of sp³-hybridized carbons (Fsp3) is 0.273. The lowest BCUT2D eigenvalue weighted by atomic mass is 9.99. The number of nitrogens with one attached hydrogen (secondary N) is 1. The Morgan fingerprint density at radius 3 is 3.21 bits per heavy atom. The average molecular weight is 188 g/mol. The molecule has 1 aliphatic rings. The Bertz CT molecular complexity index is 475. The SMILES string of the molecule is NC1CCOc2c1ccc1[nH]ccc21. The van der Waals surface area contributed by atoms with Crippen LogP contribution in [0.15, 0.2) is 24.4 Å². The standard InChI is InChI=1S/C11H12N2O/c12-9-4-6-14-11-7(9)1-2-10-8(11)3-5-13-10/h1-3,5,9,13H,4,6,12H2. The smallest absolute Gasteiger partial charge is 0.133 e. The van der Waals surface area contributed by atoms with Gasteiger partial charge in [0.1, 0.15) is 5.75 Å². The third-order valence-corrected chi connectivity index (χ3v) is 2.79. The Morgan fingerprint density at radius 2 is 2.29 bits per heavy atom. The minimum absolute atomic E-state index is 0.123. The number of H-pyrrole nitrogens is 1. The van der Waals surface area contributed by atoms with Gasteiger partial charge in [-0.15, -0.1) is 0 Å². The van der Waals surface area contributed by atoms with E-state index in [1.807, 2.05) is 12.3 Å². The van der Waals surface area contributed by atoms with Crippen molar-refractivity contribution in [3.63, 3.8) is 0 Å². The monoisotopic (exact) mass is 188 g/mol. The van der Waals surface area contributed by atoms with Crippen molar-refractivity contribution in [3.05, 3.63) is 30.0 Å². The lowest BCUT2D eigenvalue weighted by Crippen LogP contribution is -2.20. The van der Waals surface area contributed by atoms with Crippen molar-refractivity contribution >= 4 is 10.9 Å². The second kappa shape index (κ2) is 2.75. The molecule has 0 saturated carbocycles. The van der Waals surface area contributed by atoms with Crippen LogP contribution >= 0.6 is 0 Å². The Kier molecular flexibility index (Phi) is 1.55. The molecule has 72 valence electrons. The quantitative estimate of drug-likeness (QED) is 0.664. The first kappa shape index (κ1) is 7.88. The molecule has 0 saturated heterocycles. The molecule has 1 aromatic heterocycles. The highest BCUT2D eigenvalue weighted by Crippen LogP contribution is 2.36. The highest BCUT2D eigenvalue weighted by atomic mass is 16.5. The number of aromatic amines is 1. The van der Waals surface area contributed by atoms with Crippen LogP contribution in [0.25, 0.3) is 10.9 Å². The fourth-order valence-corrected chi connectivity index (χ4v) is 2.02. The molecule has 0 radical (unpaired) electrons. The van der Waals surface area contributed by atoms with Gasteiger partial charge in [-0.25, -0.2) is 0 Å². The van der Waals surface area contributed by atoms with Gasteiger partial charge in [0.05, 0.1) is 6.61 Å². The highest BCUT2D eigenvalue weighted by Gasteiger charge is 2.20. The highest BCUT2D eigenvalue weighted by molar-refractivity contribution is 5.87. The zero-order chi connectivity index (χ0) is 9.54. The summed E-state index contributed by atoms with van der Waals surface area (Å²) in [5, 5.41) is 1.14. The average Bonchev–Trinajstić information content (AvgIpc) is 2.66. The van der Waals surface area contributed by atoms with Crippen LogP contribution in [-0.2, 0) is 0 Å². The molecule has 3 nitrogen and oxygen atoms in total. The van der Waals surface area contributed by atoms with E-state index in [2.05, 4.69) is 17.1 Å². The number of nitrogens with two attached hydrogens (primary N) is 1. The predicted molar refractivity (Wildman–Crippen MR) is 55.3 cm³/mol. The first-order valence-electron chi connectivity index (χ1n) is 4.84. The molecule has 0 amide bonds. The first-order valence-corrected chi connectivity index (χ1v) is 4.84. The molecule has 2 aromatic rings. The summed E-state index contributed by atoms with van der Waals surface area (Å²) in [6.07, 6.45) is 2.83. The second-order valence-corrected chi connectivity index (χ2v) is 3.67. The molecule has 1 unspecified atom stereocenters. The molecule has 0 spiro atoms. The molecule has 2 heterocycles. The molecule has 3 N–H and O–H groups in total. The molecule has 14 heavy (non-hydrogen) atoms. The van der Waals surface area contributed by atoms with E-state index in [-0.39, 0.29) is 6.04 Å². The lowest BCUT2D eigenvalue weighted by molar-refractivity contribution is 0.272. The number of aromatic nitrogens is 1. The van der Waals surface area contributed by atoms with Gasteiger partial charge in [-0.2, -0.15) is 0 Å². The topological polar surface area (TPSA) is 51.0 Å². The van der Waals surface area contributed by atoms with Crippen LogP contribution in [-0.4, -0.2) is 11.6 Å². The second-order valence-electron chi connectivity index (χ2n) is 3.67. The van der Waals surface area contributed by atoms with Gasteiger partial charge in [-0.3, -0.25) is 0 Å². The van der Waals surface area contributed by atoms with Gasteiger partial charge in [-0.05, 0) is 12.1 Å². The summed E-state index contributed by atoms with van der Waals surface area (Å²) in [5.41, 5.74) is 8.25. The summed E-state index contributed by atoms with van der Waals surface area (Å²) < 4.78 is 5.67. The number of hydrogen-bond acceptors (Lipinski definition) is 2. The molecule has 0 aliphatic carbocycles. The molecule has 1 aromatic carbocycles. The van der Waals surface area contributed by atoms with E-state index in [9.17, 15) is 0 Å². The van der Waals surface area contributed by atoms with Crippen molar-refractivity contribution in [2.75, 3.05) is 6.61 Å². The van der Waals surface area contributed by atoms with E-state index in [1.54, 1.807) is 0 Å². The van der Waals surface area contributed by atoms with Gasteiger partial charge < -0.3 is 15.5 Å². The van der Waals surface area contributed by atoms with Crippen molar-refractivity contribution in [1.29, 1.82) is 0 Å². The Hall–Kier alpha value is -1.48. The van der Waals surface area contributed by atoms with E-state index < -0.39 is 0 Å². The molecule has 3 heteroatoms.